The standard InChI is InChI=1S/C24H24ClN3O/c1-15-13-24(3,4)28(5)22-10-9-17(12-19(15)22)11-18(14-26)23(29)27-21-8-6-7-20(25)16(21)2/h6-13H,1-5H3,(H,27,29)/b18-11+. The van der Waals surface area contributed by atoms with Gasteiger partial charge >= 0.3 is 0 Å². The summed E-state index contributed by atoms with van der Waals surface area (Å²) in [5, 5.41) is 12.9. The van der Waals surface area contributed by atoms with E-state index in [4.69, 9.17) is 11.6 Å². The van der Waals surface area contributed by atoms with Gasteiger partial charge in [-0.2, -0.15) is 5.26 Å². The van der Waals surface area contributed by atoms with Crippen molar-refractivity contribution in [3.8, 4) is 6.07 Å². The van der Waals surface area contributed by atoms with Gasteiger partial charge in [0.15, 0.2) is 0 Å². The fourth-order valence-electron chi connectivity index (χ4n) is 3.51. The summed E-state index contributed by atoms with van der Waals surface area (Å²) in [6.45, 7) is 8.25. The average molecular weight is 406 g/mol. The Morgan fingerprint density at radius 2 is 1.97 bits per heavy atom. The topological polar surface area (TPSA) is 56.1 Å². The van der Waals surface area contributed by atoms with E-state index in [1.807, 2.05) is 31.2 Å². The molecule has 2 aromatic carbocycles. The smallest absolute Gasteiger partial charge is 0.266 e. The number of carbonyl (C=O) groups excluding carboxylic acids is 1. The number of benzene rings is 2. The molecular formula is C24H24ClN3O. The van der Waals surface area contributed by atoms with Crippen LogP contribution in [0.2, 0.25) is 5.02 Å². The summed E-state index contributed by atoms with van der Waals surface area (Å²) in [4.78, 5) is 14.9. The second-order valence-corrected chi connectivity index (χ2v) is 8.26. The zero-order chi connectivity index (χ0) is 21.3. The van der Waals surface area contributed by atoms with Gasteiger partial charge in [-0.1, -0.05) is 29.8 Å². The molecule has 2 aromatic rings. The average Bonchev–Trinajstić information content (AvgIpc) is 2.67. The molecule has 4 nitrogen and oxygen atoms in total. The van der Waals surface area contributed by atoms with Gasteiger partial charge in [-0.15, -0.1) is 0 Å². The van der Waals surface area contributed by atoms with Crippen LogP contribution in [-0.2, 0) is 4.79 Å². The molecule has 29 heavy (non-hydrogen) atoms. The molecular weight excluding hydrogens is 382 g/mol. The van der Waals surface area contributed by atoms with E-state index in [0.29, 0.717) is 10.7 Å². The molecule has 1 aliphatic rings. The van der Waals surface area contributed by atoms with Crippen LogP contribution >= 0.6 is 11.6 Å². The lowest BCUT2D eigenvalue weighted by Gasteiger charge is -2.40. The van der Waals surface area contributed by atoms with Gasteiger partial charge < -0.3 is 10.2 Å². The summed E-state index contributed by atoms with van der Waals surface area (Å²) >= 11 is 6.11. The zero-order valence-electron chi connectivity index (χ0n) is 17.3. The molecule has 0 fully saturated rings. The Bertz CT molecular complexity index is 1090. The van der Waals surface area contributed by atoms with Crippen LogP contribution in [0.15, 0.2) is 48.0 Å². The van der Waals surface area contributed by atoms with E-state index in [-0.39, 0.29) is 11.1 Å². The fraction of sp³-hybridized carbons (Fsp3) is 0.250. The van der Waals surface area contributed by atoms with E-state index in [1.165, 1.54) is 5.57 Å². The van der Waals surface area contributed by atoms with Gasteiger partial charge in [0.05, 0.1) is 5.54 Å². The maximum absolute atomic E-state index is 12.6. The Morgan fingerprint density at radius 3 is 2.66 bits per heavy atom. The number of nitrogens with zero attached hydrogens (tertiary/aromatic N) is 2. The number of halogens is 1. The van der Waals surface area contributed by atoms with E-state index >= 15 is 0 Å². The highest BCUT2D eigenvalue weighted by atomic mass is 35.5. The molecule has 1 heterocycles. The highest BCUT2D eigenvalue weighted by Crippen LogP contribution is 2.38. The SMILES string of the molecule is CC1=CC(C)(C)N(C)c2ccc(/C=C(\C#N)C(=O)Nc3cccc(Cl)c3C)cc21. The molecule has 0 aromatic heterocycles. The maximum atomic E-state index is 12.6. The maximum Gasteiger partial charge on any atom is 0.266 e. The number of allylic oxidation sites excluding steroid dienone is 1. The van der Waals surface area contributed by atoms with Crippen molar-refractivity contribution in [3.05, 3.63) is 69.8 Å². The summed E-state index contributed by atoms with van der Waals surface area (Å²) in [5.74, 6) is -0.457. The fourth-order valence-corrected chi connectivity index (χ4v) is 3.69. The molecule has 1 aliphatic heterocycles. The van der Waals surface area contributed by atoms with E-state index in [9.17, 15) is 10.1 Å². The van der Waals surface area contributed by atoms with Gasteiger partial charge in [0.2, 0.25) is 0 Å². The molecule has 148 valence electrons. The van der Waals surface area contributed by atoms with Gasteiger partial charge in [0.1, 0.15) is 11.6 Å². The number of hydrogen-bond acceptors (Lipinski definition) is 3. The Balaban J connectivity index is 1.92. The molecule has 0 saturated heterocycles. The van der Waals surface area contributed by atoms with Gasteiger partial charge in [-0.3, -0.25) is 4.79 Å². The molecule has 0 unspecified atom stereocenters. The van der Waals surface area contributed by atoms with Crippen LogP contribution < -0.4 is 10.2 Å². The van der Waals surface area contributed by atoms with E-state index in [2.05, 4.69) is 44.1 Å². The minimum absolute atomic E-state index is 0.0375. The minimum Gasteiger partial charge on any atom is -0.366 e. The van der Waals surface area contributed by atoms with Crippen molar-refractivity contribution in [1.29, 1.82) is 5.26 Å². The predicted molar refractivity (Wildman–Crippen MR) is 121 cm³/mol. The van der Waals surface area contributed by atoms with Crippen molar-refractivity contribution in [3.63, 3.8) is 0 Å². The number of likely N-dealkylation sites (N-methyl/N-ethyl adjacent to an activating group) is 1. The zero-order valence-corrected chi connectivity index (χ0v) is 18.1. The van der Waals surface area contributed by atoms with Crippen molar-refractivity contribution in [2.45, 2.75) is 33.2 Å². The van der Waals surface area contributed by atoms with Gasteiger partial charge in [0, 0.05) is 29.0 Å². The number of nitriles is 1. The van der Waals surface area contributed by atoms with E-state index in [0.717, 1.165) is 22.4 Å². The molecule has 3 rings (SSSR count). The summed E-state index contributed by atoms with van der Waals surface area (Å²) in [7, 11) is 2.07. The van der Waals surface area contributed by atoms with E-state index in [1.54, 1.807) is 24.3 Å². The first-order chi connectivity index (χ1) is 13.6. The lowest BCUT2D eigenvalue weighted by molar-refractivity contribution is -0.112. The molecule has 1 N–H and O–H groups in total. The lowest BCUT2D eigenvalue weighted by atomic mass is 9.88. The first-order valence-electron chi connectivity index (χ1n) is 9.40. The second kappa shape index (κ2) is 7.77. The number of amides is 1. The first kappa shape index (κ1) is 20.7. The predicted octanol–water partition coefficient (Wildman–Crippen LogP) is 5.83. The van der Waals surface area contributed by atoms with Crippen molar-refractivity contribution in [2.24, 2.45) is 0 Å². The van der Waals surface area contributed by atoms with Gasteiger partial charge in [-0.25, -0.2) is 0 Å². The normalized spacial score (nSPS) is 15.3. The second-order valence-electron chi connectivity index (χ2n) is 7.85. The van der Waals surface area contributed by atoms with Crippen LogP contribution in [-0.4, -0.2) is 18.5 Å². The monoisotopic (exact) mass is 405 g/mol. The van der Waals surface area contributed by atoms with Crippen LogP contribution in [0.3, 0.4) is 0 Å². The van der Waals surface area contributed by atoms with Crippen molar-refractivity contribution >= 4 is 40.5 Å². The minimum atomic E-state index is -0.457. The van der Waals surface area contributed by atoms with Crippen LogP contribution in [0.4, 0.5) is 11.4 Å². The number of fused-ring (bicyclic) bond motifs is 1. The third-order valence-electron chi connectivity index (χ3n) is 5.43. The van der Waals surface area contributed by atoms with E-state index < -0.39 is 5.91 Å². The number of anilines is 2. The Hall–Kier alpha value is -3.03. The number of rotatable bonds is 3. The number of nitrogens with one attached hydrogen (secondary N) is 1. The number of carbonyl (C=O) groups is 1. The Labute approximate surface area is 177 Å². The summed E-state index contributed by atoms with van der Waals surface area (Å²) in [6, 6.07) is 13.3. The van der Waals surface area contributed by atoms with Gasteiger partial charge in [-0.05, 0) is 74.7 Å². The Kier molecular flexibility index (Phi) is 5.55. The highest BCUT2D eigenvalue weighted by molar-refractivity contribution is 6.31. The number of hydrogen-bond donors (Lipinski definition) is 1. The molecule has 0 bridgehead atoms. The van der Waals surface area contributed by atoms with Crippen molar-refractivity contribution in [1.82, 2.24) is 0 Å². The molecule has 0 radical (unpaired) electrons. The first-order valence-corrected chi connectivity index (χ1v) is 9.78. The van der Waals surface area contributed by atoms with Crippen LogP contribution in [0.25, 0.3) is 11.6 Å². The Morgan fingerprint density at radius 1 is 1.24 bits per heavy atom. The molecule has 0 spiro atoms. The highest BCUT2D eigenvalue weighted by Gasteiger charge is 2.28. The van der Waals surface area contributed by atoms with Crippen LogP contribution in [0, 0.1) is 18.3 Å². The van der Waals surface area contributed by atoms with Crippen molar-refractivity contribution in [2.75, 3.05) is 17.3 Å². The van der Waals surface area contributed by atoms with Crippen molar-refractivity contribution < 1.29 is 4.79 Å². The third kappa shape index (κ3) is 4.06. The van der Waals surface area contributed by atoms with Crippen LogP contribution in [0.5, 0.6) is 0 Å². The summed E-state index contributed by atoms with van der Waals surface area (Å²) < 4.78 is 0. The molecule has 0 atom stereocenters. The van der Waals surface area contributed by atoms with Crippen LogP contribution in [0.1, 0.15) is 37.5 Å². The molecule has 1 amide bonds. The molecule has 0 saturated carbocycles. The molecule has 0 aliphatic carbocycles. The summed E-state index contributed by atoms with van der Waals surface area (Å²) in [6.07, 6.45) is 3.84. The third-order valence-corrected chi connectivity index (χ3v) is 5.84. The largest absolute Gasteiger partial charge is 0.366 e. The molecule has 5 heteroatoms. The lowest BCUT2D eigenvalue weighted by Crippen LogP contribution is -2.42. The summed E-state index contributed by atoms with van der Waals surface area (Å²) in [5.41, 5.74) is 5.54. The van der Waals surface area contributed by atoms with Gasteiger partial charge in [0.25, 0.3) is 5.91 Å². The quantitative estimate of drug-likeness (QED) is 0.516.